The highest BCUT2D eigenvalue weighted by atomic mass is 19.4. The fraction of sp³-hybridized carbons (Fsp3) is 0.0526. The summed E-state index contributed by atoms with van der Waals surface area (Å²) in [6.07, 6.45) is -19.4. The normalized spacial score (nSPS) is 12.3. The third-order valence-corrected chi connectivity index (χ3v) is 16.1. The third-order valence-electron chi connectivity index (χ3n) is 16.1. The molecule has 0 aliphatic rings. The molecule has 0 N–H and O–H groups in total. The Labute approximate surface area is 502 Å². The Bertz CT molecular complexity index is 4410. The van der Waals surface area contributed by atoms with E-state index >= 15 is 0 Å². The molecule has 0 fully saturated rings. The molecule has 0 amide bonds. The highest BCUT2D eigenvalue weighted by Crippen LogP contribution is 2.48. The van der Waals surface area contributed by atoms with Crippen LogP contribution in [-0.2, 0) is 24.7 Å². The molecule has 0 radical (unpaired) electrons. The Balaban J connectivity index is 1.09. The molecule has 0 saturated heterocycles. The molecule has 1 aromatic heterocycles. The molecule has 1 heterocycles. The summed E-state index contributed by atoms with van der Waals surface area (Å²) >= 11 is 0. The summed E-state index contributed by atoms with van der Waals surface area (Å²) in [5, 5.41) is 1.08. The molecular weight excluding hydrogens is 1150 g/mol. The van der Waals surface area contributed by atoms with E-state index in [1.165, 1.54) is 109 Å². The molecule has 0 aliphatic heterocycles. The van der Waals surface area contributed by atoms with E-state index in [0.29, 0.717) is 38.6 Å². The van der Waals surface area contributed by atoms with Crippen molar-refractivity contribution in [1.82, 2.24) is 4.57 Å². The smallest absolute Gasteiger partial charge is 0.309 e. The second-order valence-electron chi connectivity index (χ2n) is 21.6. The standard InChI is InChI=1S/C76H45F12N/c77-73(78,79)66-26-12-7-21-59(66)54-38-52(39-55(42-54)60-22-8-13-27-67(60)74(80,81)82)48-31-33-71-64(44-48)65-45-49(53-40-56(61-23-9-14-28-68(61)75(83,84)85)43-57(41-53)62-24-10-15-29-69(62)76(86,87)88)32-34-72(65)89(71)70-30-16-11-25-63(70)58-36-50(46-17-3-1-4-18-46)35-51(37-58)47-19-5-2-6-20-47/h1-45H. The minimum Gasteiger partial charge on any atom is -0.309 e. The zero-order valence-corrected chi connectivity index (χ0v) is 46.5. The Kier molecular flexibility index (Phi) is 14.5. The summed E-state index contributed by atoms with van der Waals surface area (Å²) in [5.41, 5.74) is 3.54. The van der Waals surface area contributed by atoms with Crippen LogP contribution >= 0.6 is 0 Å². The van der Waals surface area contributed by atoms with Crippen molar-refractivity contribution in [2.24, 2.45) is 0 Å². The van der Waals surface area contributed by atoms with Gasteiger partial charge in [0.05, 0.1) is 39.0 Å². The van der Waals surface area contributed by atoms with E-state index < -0.39 is 47.0 Å². The van der Waals surface area contributed by atoms with Gasteiger partial charge in [-0.25, -0.2) is 0 Å². The summed E-state index contributed by atoms with van der Waals surface area (Å²) in [4.78, 5) is 0. The van der Waals surface area contributed by atoms with E-state index in [4.69, 9.17) is 0 Å². The average Bonchev–Trinajstić information content (AvgIpc) is 1.69. The molecule has 0 atom stereocenters. The number of para-hydroxylation sites is 1. The van der Waals surface area contributed by atoms with Crippen molar-refractivity contribution in [2.75, 3.05) is 0 Å². The van der Waals surface area contributed by atoms with Gasteiger partial charge in [0.2, 0.25) is 0 Å². The van der Waals surface area contributed by atoms with Crippen LogP contribution in [0.3, 0.4) is 0 Å². The van der Waals surface area contributed by atoms with Gasteiger partial charge in [0.1, 0.15) is 0 Å². The van der Waals surface area contributed by atoms with Gasteiger partial charge in [0.25, 0.3) is 0 Å². The lowest BCUT2D eigenvalue weighted by Gasteiger charge is -2.18. The van der Waals surface area contributed by atoms with Gasteiger partial charge in [-0.1, -0.05) is 164 Å². The SMILES string of the molecule is FC(F)(F)c1ccccc1-c1cc(-c2ccc3c(c2)c2cc(-c4cc(-c5ccccc5C(F)(F)F)cc(-c5ccccc5C(F)(F)F)c4)ccc2n3-c2ccccc2-c2cc(-c3ccccc3)cc(-c3ccccc3)c2)cc(-c2ccccc2C(F)(F)F)c1. The number of rotatable bonds is 10. The lowest BCUT2D eigenvalue weighted by Crippen LogP contribution is -2.08. The summed E-state index contributed by atoms with van der Waals surface area (Å²) in [5.74, 6) is 0. The highest BCUT2D eigenvalue weighted by Gasteiger charge is 2.37. The maximum Gasteiger partial charge on any atom is 0.417 e. The first-order chi connectivity index (χ1) is 42.7. The lowest BCUT2D eigenvalue weighted by atomic mass is 9.89. The summed E-state index contributed by atoms with van der Waals surface area (Å²) in [6, 6.07) is 72.4. The third kappa shape index (κ3) is 11.2. The molecule has 0 aliphatic carbocycles. The predicted molar refractivity (Wildman–Crippen MR) is 330 cm³/mol. The van der Waals surface area contributed by atoms with Gasteiger partial charge >= 0.3 is 24.7 Å². The molecule has 0 saturated carbocycles. The number of alkyl halides is 12. The Morgan fingerprint density at radius 3 is 0.764 bits per heavy atom. The van der Waals surface area contributed by atoms with Gasteiger partial charge < -0.3 is 4.57 Å². The molecule has 13 aromatic rings. The van der Waals surface area contributed by atoms with Crippen LogP contribution < -0.4 is 0 Å². The van der Waals surface area contributed by atoms with Crippen molar-refractivity contribution in [3.63, 3.8) is 0 Å². The van der Waals surface area contributed by atoms with Crippen molar-refractivity contribution in [3.05, 3.63) is 295 Å². The average molecular weight is 1200 g/mol. The molecule has 13 rings (SSSR count). The van der Waals surface area contributed by atoms with Gasteiger partial charge in [0.15, 0.2) is 0 Å². The fourth-order valence-electron chi connectivity index (χ4n) is 12.1. The zero-order chi connectivity index (χ0) is 62.0. The van der Waals surface area contributed by atoms with Crippen LogP contribution in [0.2, 0.25) is 0 Å². The maximum absolute atomic E-state index is 14.9. The lowest BCUT2D eigenvalue weighted by molar-refractivity contribution is -0.137. The number of aromatic nitrogens is 1. The van der Waals surface area contributed by atoms with Gasteiger partial charge in [0, 0.05) is 16.3 Å². The molecule has 12 aromatic carbocycles. The van der Waals surface area contributed by atoms with Crippen molar-refractivity contribution in [1.29, 1.82) is 0 Å². The van der Waals surface area contributed by atoms with Gasteiger partial charge in [-0.2, -0.15) is 52.7 Å². The van der Waals surface area contributed by atoms with Crippen LogP contribution in [0, 0.1) is 0 Å². The molecule has 0 spiro atoms. The van der Waals surface area contributed by atoms with Crippen LogP contribution in [-0.4, -0.2) is 4.57 Å². The number of nitrogens with zero attached hydrogens (tertiary/aromatic N) is 1. The van der Waals surface area contributed by atoms with E-state index in [1.807, 2.05) is 102 Å². The fourth-order valence-corrected chi connectivity index (χ4v) is 12.1. The molecule has 0 bridgehead atoms. The van der Waals surface area contributed by atoms with Crippen molar-refractivity contribution < 1.29 is 52.7 Å². The van der Waals surface area contributed by atoms with E-state index in [-0.39, 0.29) is 55.6 Å². The van der Waals surface area contributed by atoms with E-state index in [1.54, 1.807) is 24.3 Å². The number of hydrogen-bond donors (Lipinski definition) is 0. The quantitative estimate of drug-likeness (QED) is 0.120. The topological polar surface area (TPSA) is 4.93 Å². The first kappa shape index (κ1) is 57.7. The first-order valence-corrected chi connectivity index (χ1v) is 28.1. The number of benzene rings is 12. The first-order valence-electron chi connectivity index (χ1n) is 28.1. The predicted octanol–water partition coefficient (Wildman–Crippen LogP) is 23.9. The number of fused-ring (bicyclic) bond motifs is 3. The minimum absolute atomic E-state index is 0.0105. The molecular formula is C76H45F12N. The molecule has 0 unspecified atom stereocenters. The second kappa shape index (κ2) is 22.4. The molecule has 13 heteroatoms. The van der Waals surface area contributed by atoms with Crippen molar-refractivity contribution in [3.8, 4) is 106 Å². The molecule has 1 nitrogen and oxygen atoms in total. The summed E-state index contributed by atoms with van der Waals surface area (Å²) in [7, 11) is 0. The molecule has 89 heavy (non-hydrogen) atoms. The van der Waals surface area contributed by atoms with Crippen molar-refractivity contribution in [2.45, 2.75) is 24.7 Å². The van der Waals surface area contributed by atoms with Crippen LogP contribution in [0.4, 0.5) is 52.7 Å². The summed E-state index contributed by atoms with van der Waals surface area (Å²) < 4.78 is 180. The molecule has 438 valence electrons. The van der Waals surface area contributed by atoms with Gasteiger partial charge in [-0.15, -0.1) is 0 Å². The van der Waals surface area contributed by atoms with Crippen LogP contribution in [0.5, 0.6) is 0 Å². The second-order valence-corrected chi connectivity index (χ2v) is 21.6. The Hall–Kier alpha value is -10.4. The minimum atomic E-state index is -4.85. The summed E-state index contributed by atoms with van der Waals surface area (Å²) in [6.45, 7) is 0. The van der Waals surface area contributed by atoms with Gasteiger partial charge in [-0.05, 0) is 204 Å². The van der Waals surface area contributed by atoms with Gasteiger partial charge in [-0.3, -0.25) is 0 Å². The van der Waals surface area contributed by atoms with Crippen LogP contribution in [0.1, 0.15) is 22.3 Å². The zero-order valence-electron chi connectivity index (χ0n) is 46.5. The highest BCUT2D eigenvalue weighted by molar-refractivity contribution is 6.12. The van der Waals surface area contributed by atoms with Crippen LogP contribution in [0.25, 0.3) is 128 Å². The number of halogens is 12. The number of hydrogen-bond acceptors (Lipinski definition) is 0. The van der Waals surface area contributed by atoms with E-state index in [2.05, 4.69) is 18.2 Å². The van der Waals surface area contributed by atoms with Crippen molar-refractivity contribution >= 4 is 21.8 Å². The largest absolute Gasteiger partial charge is 0.417 e. The monoisotopic (exact) mass is 1200 g/mol. The Morgan fingerprint density at radius 2 is 0.438 bits per heavy atom. The Morgan fingerprint density at radius 1 is 0.191 bits per heavy atom. The van der Waals surface area contributed by atoms with E-state index in [9.17, 15) is 52.7 Å². The maximum atomic E-state index is 14.9. The van der Waals surface area contributed by atoms with E-state index in [0.717, 1.165) is 57.6 Å². The van der Waals surface area contributed by atoms with Crippen LogP contribution in [0.15, 0.2) is 273 Å².